The van der Waals surface area contributed by atoms with Gasteiger partial charge in [0.1, 0.15) is 17.2 Å². The summed E-state index contributed by atoms with van der Waals surface area (Å²) in [6.45, 7) is 4.19. The molecule has 5 heteroatoms. The fourth-order valence-corrected chi connectivity index (χ4v) is 2.71. The van der Waals surface area contributed by atoms with E-state index in [1.54, 1.807) is 6.20 Å². The molecule has 0 bridgehead atoms. The van der Waals surface area contributed by atoms with Crippen LogP contribution >= 0.6 is 0 Å². The first-order valence-electron chi connectivity index (χ1n) is 7.91. The first kappa shape index (κ1) is 14.5. The standard InChI is InChI=1S/C19H18N4O/c1-12(2)23-11-15(10-22-23)14-7-16(19(20)21-9-14)18-8-13-5-3-4-6-17(13)24-18/h3-12H,1-2H3,(H2,20,21). The maximum atomic E-state index is 6.08. The van der Waals surface area contributed by atoms with Crippen molar-refractivity contribution in [2.24, 2.45) is 0 Å². The minimum Gasteiger partial charge on any atom is -0.456 e. The summed E-state index contributed by atoms with van der Waals surface area (Å²) in [5.41, 5.74) is 9.69. The van der Waals surface area contributed by atoms with Gasteiger partial charge < -0.3 is 10.2 Å². The Bertz CT molecular complexity index is 980. The van der Waals surface area contributed by atoms with Crippen molar-refractivity contribution >= 4 is 16.8 Å². The molecule has 3 heterocycles. The van der Waals surface area contributed by atoms with Crippen molar-refractivity contribution in [1.29, 1.82) is 0 Å². The third-order valence-corrected chi connectivity index (χ3v) is 4.07. The van der Waals surface area contributed by atoms with Gasteiger partial charge in [0.05, 0.1) is 11.8 Å². The second-order valence-corrected chi connectivity index (χ2v) is 6.11. The number of aromatic nitrogens is 3. The number of para-hydroxylation sites is 1. The summed E-state index contributed by atoms with van der Waals surface area (Å²) >= 11 is 0. The number of hydrogen-bond acceptors (Lipinski definition) is 4. The normalized spacial score (nSPS) is 11.5. The second-order valence-electron chi connectivity index (χ2n) is 6.11. The number of anilines is 1. The Balaban J connectivity index is 1.80. The number of fused-ring (bicyclic) bond motifs is 1. The summed E-state index contributed by atoms with van der Waals surface area (Å²) < 4.78 is 7.85. The highest BCUT2D eigenvalue weighted by atomic mass is 16.3. The molecular formula is C19H18N4O. The van der Waals surface area contributed by atoms with E-state index in [0.29, 0.717) is 11.9 Å². The summed E-state index contributed by atoms with van der Waals surface area (Å²) in [5.74, 6) is 1.17. The minimum atomic E-state index is 0.315. The van der Waals surface area contributed by atoms with Crippen LogP contribution < -0.4 is 5.73 Å². The van der Waals surface area contributed by atoms with Gasteiger partial charge in [-0.2, -0.15) is 5.10 Å². The lowest BCUT2D eigenvalue weighted by molar-refractivity contribution is 0.532. The first-order valence-corrected chi connectivity index (χ1v) is 7.91. The Hall–Kier alpha value is -3.08. The Morgan fingerprint density at radius 1 is 1.08 bits per heavy atom. The number of nitrogens with zero attached hydrogens (tertiary/aromatic N) is 3. The number of hydrogen-bond donors (Lipinski definition) is 1. The van der Waals surface area contributed by atoms with E-state index >= 15 is 0 Å². The van der Waals surface area contributed by atoms with Crippen LogP contribution in [0.3, 0.4) is 0 Å². The van der Waals surface area contributed by atoms with Gasteiger partial charge in [-0.3, -0.25) is 4.68 Å². The van der Waals surface area contributed by atoms with Crippen molar-refractivity contribution in [3.63, 3.8) is 0 Å². The molecule has 5 nitrogen and oxygen atoms in total. The molecule has 4 rings (SSSR count). The molecule has 0 saturated carbocycles. The Labute approximate surface area is 139 Å². The fraction of sp³-hybridized carbons (Fsp3) is 0.158. The average Bonchev–Trinajstić information content (AvgIpc) is 3.22. The van der Waals surface area contributed by atoms with Crippen LogP contribution in [0, 0.1) is 0 Å². The van der Waals surface area contributed by atoms with E-state index in [4.69, 9.17) is 10.2 Å². The highest BCUT2D eigenvalue weighted by Gasteiger charge is 2.13. The molecule has 0 aliphatic heterocycles. The topological polar surface area (TPSA) is 69.9 Å². The third-order valence-electron chi connectivity index (χ3n) is 4.07. The molecule has 120 valence electrons. The van der Waals surface area contributed by atoms with Crippen molar-refractivity contribution in [3.05, 3.63) is 55.0 Å². The highest BCUT2D eigenvalue weighted by Crippen LogP contribution is 2.33. The molecule has 0 aliphatic rings. The number of nitrogen functional groups attached to an aromatic ring is 1. The second kappa shape index (κ2) is 5.53. The van der Waals surface area contributed by atoms with Crippen LogP contribution in [-0.4, -0.2) is 14.8 Å². The summed E-state index contributed by atoms with van der Waals surface area (Å²) in [7, 11) is 0. The number of furan rings is 1. The molecule has 0 saturated heterocycles. The monoisotopic (exact) mass is 318 g/mol. The van der Waals surface area contributed by atoms with Crippen LogP contribution in [0.4, 0.5) is 5.82 Å². The fourth-order valence-electron chi connectivity index (χ4n) is 2.71. The lowest BCUT2D eigenvalue weighted by atomic mass is 10.1. The number of benzene rings is 1. The summed E-state index contributed by atoms with van der Waals surface area (Å²) in [6, 6.07) is 12.2. The summed E-state index contributed by atoms with van der Waals surface area (Å²) in [6.07, 6.45) is 5.62. The average molecular weight is 318 g/mol. The molecule has 0 radical (unpaired) electrons. The van der Waals surface area contributed by atoms with E-state index in [0.717, 1.165) is 33.4 Å². The van der Waals surface area contributed by atoms with E-state index in [1.165, 1.54) is 0 Å². The van der Waals surface area contributed by atoms with Gasteiger partial charge in [-0.1, -0.05) is 18.2 Å². The largest absolute Gasteiger partial charge is 0.456 e. The Kier molecular flexibility index (Phi) is 3.34. The zero-order valence-electron chi connectivity index (χ0n) is 13.6. The van der Waals surface area contributed by atoms with Crippen LogP contribution in [0.5, 0.6) is 0 Å². The SMILES string of the molecule is CC(C)n1cc(-c2cnc(N)c(-c3cc4ccccc4o3)c2)cn1. The zero-order valence-corrected chi connectivity index (χ0v) is 13.6. The lowest BCUT2D eigenvalue weighted by Gasteiger charge is -2.05. The van der Waals surface area contributed by atoms with E-state index in [9.17, 15) is 0 Å². The molecule has 0 atom stereocenters. The molecule has 0 unspecified atom stereocenters. The van der Waals surface area contributed by atoms with Crippen LogP contribution in [0.2, 0.25) is 0 Å². The number of rotatable bonds is 3. The van der Waals surface area contributed by atoms with Crippen molar-refractivity contribution in [2.45, 2.75) is 19.9 Å². The van der Waals surface area contributed by atoms with Crippen LogP contribution in [-0.2, 0) is 0 Å². The van der Waals surface area contributed by atoms with Gasteiger partial charge in [-0.05, 0) is 32.0 Å². The van der Waals surface area contributed by atoms with Crippen molar-refractivity contribution in [2.75, 3.05) is 5.73 Å². The predicted molar refractivity (Wildman–Crippen MR) is 95.5 cm³/mol. The number of nitrogens with two attached hydrogens (primary N) is 1. The van der Waals surface area contributed by atoms with Gasteiger partial charge in [0.25, 0.3) is 0 Å². The van der Waals surface area contributed by atoms with Crippen LogP contribution in [0.15, 0.2) is 59.4 Å². The third kappa shape index (κ3) is 2.44. The van der Waals surface area contributed by atoms with Crippen LogP contribution in [0.1, 0.15) is 19.9 Å². The molecule has 0 fully saturated rings. The predicted octanol–water partition coefficient (Wildman–Crippen LogP) is 4.52. The van der Waals surface area contributed by atoms with Gasteiger partial charge >= 0.3 is 0 Å². The minimum absolute atomic E-state index is 0.315. The van der Waals surface area contributed by atoms with E-state index in [-0.39, 0.29) is 0 Å². The molecule has 0 amide bonds. The quantitative estimate of drug-likeness (QED) is 0.603. The van der Waals surface area contributed by atoms with E-state index < -0.39 is 0 Å². The van der Waals surface area contributed by atoms with Crippen LogP contribution in [0.25, 0.3) is 33.4 Å². The van der Waals surface area contributed by atoms with Gasteiger partial charge in [0, 0.05) is 34.9 Å². The molecule has 3 aromatic heterocycles. The summed E-state index contributed by atoms with van der Waals surface area (Å²) in [4.78, 5) is 4.34. The molecule has 0 aliphatic carbocycles. The molecule has 24 heavy (non-hydrogen) atoms. The summed E-state index contributed by atoms with van der Waals surface area (Å²) in [5, 5.41) is 5.43. The lowest BCUT2D eigenvalue weighted by Crippen LogP contribution is -1.99. The first-order chi connectivity index (χ1) is 11.6. The smallest absolute Gasteiger partial charge is 0.139 e. The van der Waals surface area contributed by atoms with Gasteiger partial charge in [-0.25, -0.2) is 4.98 Å². The molecule has 1 aromatic carbocycles. The molecular weight excluding hydrogens is 300 g/mol. The van der Waals surface area contributed by atoms with Gasteiger partial charge in [-0.15, -0.1) is 0 Å². The van der Waals surface area contributed by atoms with Crippen molar-refractivity contribution in [3.8, 4) is 22.5 Å². The maximum Gasteiger partial charge on any atom is 0.139 e. The van der Waals surface area contributed by atoms with Gasteiger partial charge in [0.15, 0.2) is 0 Å². The molecule has 4 aromatic rings. The Morgan fingerprint density at radius 2 is 1.92 bits per heavy atom. The molecule has 0 spiro atoms. The van der Waals surface area contributed by atoms with Crippen molar-refractivity contribution < 1.29 is 4.42 Å². The zero-order chi connectivity index (χ0) is 16.7. The highest BCUT2D eigenvalue weighted by molar-refractivity contribution is 5.86. The Morgan fingerprint density at radius 3 is 2.67 bits per heavy atom. The van der Waals surface area contributed by atoms with Gasteiger partial charge in [0.2, 0.25) is 0 Å². The number of pyridine rings is 1. The van der Waals surface area contributed by atoms with E-state index in [1.807, 2.05) is 53.5 Å². The molecule has 2 N–H and O–H groups in total. The van der Waals surface area contributed by atoms with E-state index in [2.05, 4.69) is 23.9 Å². The maximum absolute atomic E-state index is 6.08. The van der Waals surface area contributed by atoms with Crippen molar-refractivity contribution in [1.82, 2.24) is 14.8 Å².